The maximum absolute atomic E-state index is 11.9. The lowest BCUT2D eigenvalue weighted by molar-refractivity contribution is -0.125. The standard InChI is InChI=1S/C13H23N3O/c1-3-7-14-13(17)10(2)16-8-6-11-4-5-12(9-16)15-11/h3,10-12,15H,1,4-9H2,2H3,(H,14,17). The lowest BCUT2D eigenvalue weighted by atomic mass is 10.1. The molecule has 0 saturated carbocycles. The molecule has 1 amide bonds. The largest absolute Gasteiger partial charge is 0.351 e. The Hall–Kier alpha value is -0.870. The summed E-state index contributed by atoms with van der Waals surface area (Å²) in [6, 6.07) is 1.22. The van der Waals surface area contributed by atoms with Crippen molar-refractivity contribution in [1.82, 2.24) is 15.5 Å². The summed E-state index contributed by atoms with van der Waals surface area (Å²) < 4.78 is 0. The van der Waals surface area contributed by atoms with Gasteiger partial charge in [-0.25, -0.2) is 0 Å². The second kappa shape index (κ2) is 5.65. The minimum absolute atomic E-state index is 0.0314. The van der Waals surface area contributed by atoms with Crippen molar-refractivity contribution in [3.63, 3.8) is 0 Å². The van der Waals surface area contributed by atoms with Crippen molar-refractivity contribution in [2.45, 2.75) is 44.3 Å². The third-order valence-electron chi connectivity index (χ3n) is 3.90. The molecule has 0 radical (unpaired) electrons. The van der Waals surface area contributed by atoms with Gasteiger partial charge in [0.25, 0.3) is 0 Å². The highest BCUT2D eigenvalue weighted by Crippen LogP contribution is 2.21. The van der Waals surface area contributed by atoms with Crippen molar-refractivity contribution in [2.75, 3.05) is 19.6 Å². The smallest absolute Gasteiger partial charge is 0.237 e. The Bertz CT molecular complexity index is 292. The second-order valence-corrected chi connectivity index (χ2v) is 5.13. The van der Waals surface area contributed by atoms with Gasteiger partial charge in [0.1, 0.15) is 0 Å². The van der Waals surface area contributed by atoms with Crippen molar-refractivity contribution in [2.24, 2.45) is 0 Å². The quantitative estimate of drug-likeness (QED) is 0.700. The molecule has 2 rings (SSSR count). The fraction of sp³-hybridized carbons (Fsp3) is 0.769. The number of nitrogens with one attached hydrogen (secondary N) is 2. The fourth-order valence-corrected chi connectivity index (χ4v) is 2.81. The molecule has 3 unspecified atom stereocenters. The van der Waals surface area contributed by atoms with E-state index >= 15 is 0 Å². The predicted molar refractivity (Wildman–Crippen MR) is 68.8 cm³/mol. The first-order valence-electron chi connectivity index (χ1n) is 6.59. The van der Waals surface area contributed by atoms with Gasteiger partial charge in [-0.05, 0) is 26.2 Å². The number of nitrogens with zero attached hydrogens (tertiary/aromatic N) is 1. The molecule has 0 aromatic carbocycles. The molecule has 4 nitrogen and oxygen atoms in total. The van der Waals surface area contributed by atoms with Crippen LogP contribution in [0.3, 0.4) is 0 Å². The molecule has 2 heterocycles. The van der Waals surface area contributed by atoms with E-state index in [2.05, 4.69) is 22.1 Å². The van der Waals surface area contributed by atoms with Crippen LogP contribution in [0, 0.1) is 0 Å². The third kappa shape index (κ3) is 3.07. The number of rotatable bonds is 4. The van der Waals surface area contributed by atoms with E-state index in [1.165, 1.54) is 12.8 Å². The van der Waals surface area contributed by atoms with E-state index in [4.69, 9.17) is 0 Å². The van der Waals surface area contributed by atoms with Gasteiger partial charge in [0.05, 0.1) is 6.04 Å². The van der Waals surface area contributed by atoms with Crippen LogP contribution in [0.4, 0.5) is 0 Å². The van der Waals surface area contributed by atoms with Gasteiger partial charge in [0.2, 0.25) is 5.91 Å². The minimum atomic E-state index is -0.0314. The average Bonchev–Trinajstić information content (AvgIpc) is 2.65. The molecular weight excluding hydrogens is 214 g/mol. The highest BCUT2D eigenvalue weighted by atomic mass is 16.2. The first-order chi connectivity index (χ1) is 8.20. The molecule has 96 valence electrons. The van der Waals surface area contributed by atoms with E-state index in [1.807, 2.05) is 6.92 Å². The van der Waals surface area contributed by atoms with Crippen LogP contribution in [0.1, 0.15) is 26.2 Å². The summed E-state index contributed by atoms with van der Waals surface area (Å²) in [4.78, 5) is 14.2. The first kappa shape index (κ1) is 12.6. The van der Waals surface area contributed by atoms with Gasteiger partial charge in [-0.3, -0.25) is 9.69 Å². The van der Waals surface area contributed by atoms with Crippen LogP contribution in [0.5, 0.6) is 0 Å². The van der Waals surface area contributed by atoms with Crippen molar-refractivity contribution in [3.05, 3.63) is 12.7 Å². The molecule has 2 bridgehead atoms. The second-order valence-electron chi connectivity index (χ2n) is 5.13. The molecule has 0 aromatic heterocycles. The summed E-state index contributed by atoms with van der Waals surface area (Å²) in [6.07, 6.45) is 5.43. The van der Waals surface area contributed by atoms with E-state index in [-0.39, 0.29) is 11.9 Å². The van der Waals surface area contributed by atoms with Gasteiger partial charge < -0.3 is 10.6 Å². The molecule has 0 aromatic rings. The van der Waals surface area contributed by atoms with Crippen molar-refractivity contribution in [3.8, 4) is 0 Å². The predicted octanol–water partition coefficient (Wildman–Crippen LogP) is 0.503. The van der Waals surface area contributed by atoms with Gasteiger partial charge in [-0.2, -0.15) is 0 Å². The molecule has 0 spiro atoms. The SMILES string of the molecule is C=CCNC(=O)C(C)N1CCC2CCC(C1)N2. The molecule has 2 aliphatic heterocycles. The van der Waals surface area contributed by atoms with Crippen molar-refractivity contribution in [1.29, 1.82) is 0 Å². The van der Waals surface area contributed by atoms with Crippen LogP contribution < -0.4 is 10.6 Å². The molecular formula is C13H23N3O. The Kier molecular flexibility index (Phi) is 4.18. The van der Waals surface area contributed by atoms with E-state index in [9.17, 15) is 4.79 Å². The number of likely N-dealkylation sites (tertiary alicyclic amines) is 1. The summed E-state index contributed by atoms with van der Waals surface area (Å²) in [5.74, 6) is 0.114. The van der Waals surface area contributed by atoms with Gasteiger partial charge in [-0.1, -0.05) is 6.08 Å². The zero-order valence-electron chi connectivity index (χ0n) is 10.6. The highest BCUT2D eigenvalue weighted by Gasteiger charge is 2.32. The van der Waals surface area contributed by atoms with Crippen LogP contribution in [-0.4, -0.2) is 48.6 Å². The van der Waals surface area contributed by atoms with Crippen molar-refractivity contribution < 1.29 is 4.79 Å². The summed E-state index contributed by atoms with van der Waals surface area (Å²) in [7, 11) is 0. The number of carbonyl (C=O) groups is 1. The number of fused-ring (bicyclic) bond motifs is 2. The topological polar surface area (TPSA) is 44.4 Å². The van der Waals surface area contributed by atoms with Crippen LogP contribution in [0.25, 0.3) is 0 Å². The van der Waals surface area contributed by atoms with E-state index < -0.39 is 0 Å². The molecule has 3 atom stereocenters. The van der Waals surface area contributed by atoms with Gasteiger partial charge in [0.15, 0.2) is 0 Å². The summed E-state index contributed by atoms with van der Waals surface area (Å²) in [6.45, 7) is 8.19. The summed E-state index contributed by atoms with van der Waals surface area (Å²) in [5, 5.41) is 6.50. The zero-order valence-corrected chi connectivity index (χ0v) is 10.6. The zero-order chi connectivity index (χ0) is 12.3. The molecule has 4 heteroatoms. The minimum Gasteiger partial charge on any atom is -0.351 e. The molecule has 0 aliphatic carbocycles. The van der Waals surface area contributed by atoms with E-state index in [1.54, 1.807) is 6.08 Å². The number of hydrogen-bond acceptors (Lipinski definition) is 3. The molecule has 2 fully saturated rings. The van der Waals surface area contributed by atoms with Gasteiger partial charge >= 0.3 is 0 Å². The van der Waals surface area contributed by atoms with Gasteiger partial charge in [-0.15, -0.1) is 6.58 Å². The van der Waals surface area contributed by atoms with Gasteiger partial charge in [0, 0.05) is 31.7 Å². The van der Waals surface area contributed by atoms with Crippen LogP contribution in [-0.2, 0) is 4.79 Å². The van der Waals surface area contributed by atoms with Crippen LogP contribution in [0.15, 0.2) is 12.7 Å². The average molecular weight is 237 g/mol. The normalized spacial score (nSPS) is 30.6. The van der Waals surface area contributed by atoms with Crippen molar-refractivity contribution >= 4 is 5.91 Å². The van der Waals surface area contributed by atoms with Crippen LogP contribution in [0.2, 0.25) is 0 Å². The Morgan fingerprint density at radius 2 is 2.29 bits per heavy atom. The Morgan fingerprint density at radius 1 is 1.53 bits per heavy atom. The maximum Gasteiger partial charge on any atom is 0.237 e. The Morgan fingerprint density at radius 3 is 3.06 bits per heavy atom. The fourth-order valence-electron chi connectivity index (χ4n) is 2.81. The highest BCUT2D eigenvalue weighted by molar-refractivity contribution is 5.81. The molecule has 2 aliphatic rings. The number of hydrogen-bond donors (Lipinski definition) is 2. The maximum atomic E-state index is 11.9. The van der Waals surface area contributed by atoms with E-state index in [0.29, 0.717) is 18.6 Å². The Balaban J connectivity index is 1.88. The lowest BCUT2D eigenvalue weighted by Gasteiger charge is -2.29. The first-order valence-corrected chi connectivity index (χ1v) is 6.59. The number of carbonyl (C=O) groups excluding carboxylic acids is 1. The molecule has 2 N–H and O–H groups in total. The molecule has 2 saturated heterocycles. The summed E-state index contributed by atoms with van der Waals surface area (Å²) >= 11 is 0. The van der Waals surface area contributed by atoms with Crippen LogP contribution >= 0.6 is 0 Å². The lowest BCUT2D eigenvalue weighted by Crippen LogP contribution is -2.48. The monoisotopic (exact) mass is 237 g/mol. The van der Waals surface area contributed by atoms with E-state index in [0.717, 1.165) is 19.5 Å². The Labute approximate surface area is 103 Å². The number of amides is 1. The third-order valence-corrected chi connectivity index (χ3v) is 3.90. The summed E-state index contributed by atoms with van der Waals surface area (Å²) in [5.41, 5.74) is 0. The molecule has 17 heavy (non-hydrogen) atoms.